The third-order valence-corrected chi connectivity index (χ3v) is 3.73. The van der Waals surface area contributed by atoms with Crippen molar-refractivity contribution in [1.29, 1.82) is 0 Å². The fraction of sp³-hybridized carbons (Fsp3) is 0.364. The van der Waals surface area contributed by atoms with Gasteiger partial charge in [-0.25, -0.2) is 17.5 Å². The minimum atomic E-state index is -4.52. The summed E-state index contributed by atoms with van der Waals surface area (Å²) in [5.74, 6) is -1.55. The Hall–Kier alpha value is -1.68. The predicted molar refractivity (Wildman–Crippen MR) is 65.3 cm³/mol. The molecule has 2 N–H and O–H groups in total. The minimum absolute atomic E-state index is 0.209. The van der Waals surface area contributed by atoms with Crippen molar-refractivity contribution in [3.63, 3.8) is 0 Å². The smallest absolute Gasteiger partial charge is 0.347 e. The van der Waals surface area contributed by atoms with E-state index in [1.807, 2.05) is 4.72 Å². The molecular weight excluding hydrogens is 316 g/mol. The molecule has 0 aliphatic rings. The molecule has 1 amide bonds. The molecule has 1 rings (SSSR count). The van der Waals surface area contributed by atoms with E-state index < -0.39 is 40.9 Å². The van der Waals surface area contributed by atoms with Gasteiger partial charge in [0, 0.05) is 13.0 Å². The van der Waals surface area contributed by atoms with E-state index in [9.17, 15) is 30.8 Å². The molecule has 0 aliphatic carbocycles. The summed E-state index contributed by atoms with van der Waals surface area (Å²) >= 11 is 0. The summed E-state index contributed by atoms with van der Waals surface area (Å²) < 4.78 is 73.6. The molecule has 10 heteroatoms. The van der Waals surface area contributed by atoms with Gasteiger partial charge in [-0.15, -0.1) is 0 Å². The number of rotatable bonds is 6. The number of sulfonamides is 1. The molecule has 0 saturated heterocycles. The Kier molecular flexibility index (Phi) is 5.67. The van der Waals surface area contributed by atoms with Crippen LogP contribution in [0.2, 0.25) is 0 Å². The standard InChI is InChI=1S/C11H12F4N2O3S/c12-8-1-3-9(4-2-8)21(19,20)17-6-5-10(18)16-7-11(13,14)15/h1-4,17H,5-7H2,(H,16,18). The summed E-state index contributed by atoms with van der Waals surface area (Å²) in [6.45, 7) is -1.85. The maximum atomic E-state index is 12.7. The summed E-state index contributed by atoms with van der Waals surface area (Å²) in [6, 6.07) is 3.96. The average molecular weight is 328 g/mol. The largest absolute Gasteiger partial charge is 0.405 e. The number of amides is 1. The van der Waals surface area contributed by atoms with Gasteiger partial charge in [0.2, 0.25) is 15.9 Å². The van der Waals surface area contributed by atoms with Crippen molar-refractivity contribution in [2.24, 2.45) is 0 Å². The van der Waals surface area contributed by atoms with E-state index in [-0.39, 0.29) is 11.4 Å². The van der Waals surface area contributed by atoms with Gasteiger partial charge in [-0.3, -0.25) is 4.79 Å². The number of hydrogen-bond acceptors (Lipinski definition) is 3. The zero-order valence-corrected chi connectivity index (χ0v) is 11.4. The molecule has 1 aromatic carbocycles. The lowest BCUT2D eigenvalue weighted by atomic mass is 10.4. The third kappa shape index (κ3) is 6.54. The Balaban J connectivity index is 2.44. The van der Waals surface area contributed by atoms with Crippen LogP contribution in [-0.2, 0) is 14.8 Å². The summed E-state index contributed by atoms with van der Waals surface area (Å²) in [5, 5.41) is 1.61. The van der Waals surface area contributed by atoms with Crippen molar-refractivity contribution in [3.8, 4) is 0 Å². The molecule has 0 radical (unpaired) electrons. The first-order valence-electron chi connectivity index (χ1n) is 5.69. The van der Waals surface area contributed by atoms with Gasteiger partial charge in [0.1, 0.15) is 12.4 Å². The van der Waals surface area contributed by atoms with Gasteiger partial charge < -0.3 is 5.32 Å². The fourth-order valence-electron chi connectivity index (χ4n) is 1.28. The van der Waals surface area contributed by atoms with Crippen LogP contribution in [0.15, 0.2) is 29.2 Å². The first-order valence-corrected chi connectivity index (χ1v) is 7.17. The summed E-state index contributed by atoms with van der Waals surface area (Å²) in [7, 11) is -3.93. The Morgan fingerprint density at radius 2 is 1.71 bits per heavy atom. The van der Waals surface area contributed by atoms with Crippen LogP contribution in [0.25, 0.3) is 0 Å². The number of carbonyl (C=O) groups excluding carboxylic acids is 1. The molecule has 0 aromatic heterocycles. The summed E-state index contributed by atoms with van der Waals surface area (Å²) in [6.07, 6.45) is -4.97. The number of benzene rings is 1. The Morgan fingerprint density at radius 1 is 1.14 bits per heavy atom. The lowest BCUT2D eigenvalue weighted by Crippen LogP contribution is -2.36. The average Bonchev–Trinajstić information content (AvgIpc) is 2.36. The minimum Gasteiger partial charge on any atom is -0.347 e. The van der Waals surface area contributed by atoms with E-state index in [2.05, 4.69) is 0 Å². The van der Waals surface area contributed by atoms with Gasteiger partial charge in [-0.1, -0.05) is 0 Å². The molecule has 0 atom stereocenters. The molecule has 0 heterocycles. The van der Waals surface area contributed by atoms with Crippen molar-refractivity contribution in [3.05, 3.63) is 30.1 Å². The molecule has 118 valence electrons. The van der Waals surface area contributed by atoms with Gasteiger partial charge in [-0.05, 0) is 24.3 Å². The third-order valence-electron chi connectivity index (χ3n) is 2.25. The van der Waals surface area contributed by atoms with Crippen LogP contribution < -0.4 is 10.0 Å². The summed E-state index contributed by atoms with van der Waals surface area (Å²) in [4.78, 5) is 10.9. The fourth-order valence-corrected chi connectivity index (χ4v) is 2.32. The quantitative estimate of drug-likeness (QED) is 0.770. The second kappa shape index (κ2) is 6.85. The van der Waals surface area contributed by atoms with Gasteiger partial charge in [0.15, 0.2) is 0 Å². The molecule has 0 aliphatic heterocycles. The zero-order valence-electron chi connectivity index (χ0n) is 10.6. The highest BCUT2D eigenvalue weighted by Crippen LogP contribution is 2.12. The molecule has 0 bridgehead atoms. The number of hydrogen-bond donors (Lipinski definition) is 2. The monoisotopic (exact) mass is 328 g/mol. The Bertz CT molecular complexity index is 584. The van der Waals surface area contributed by atoms with E-state index in [0.29, 0.717) is 0 Å². The van der Waals surface area contributed by atoms with Gasteiger partial charge in [0.25, 0.3) is 0 Å². The molecule has 0 fully saturated rings. The second-order valence-corrected chi connectivity index (χ2v) is 5.76. The predicted octanol–water partition coefficient (Wildman–Crippen LogP) is 1.17. The molecule has 5 nitrogen and oxygen atoms in total. The van der Waals surface area contributed by atoms with E-state index >= 15 is 0 Å². The van der Waals surface area contributed by atoms with E-state index in [1.54, 1.807) is 5.32 Å². The van der Waals surface area contributed by atoms with Crippen molar-refractivity contribution in [2.75, 3.05) is 13.1 Å². The van der Waals surface area contributed by atoms with Gasteiger partial charge >= 0.3 is 6.18 Å². The van der Waals surface area contributed by atoms with Crippen molar-refractivity contribution < 1.29 is 30.8 Å². The SMILES string of the molecule is O=C(CCNS(=O)(=O)c1ccc(F)cc1)NCC(F)(F)F. The molecule has 0 spiro atoms. The Labute approximate surface area is 118 Å². The number of nitrogens with one attached hydrogen (secondary N) is 2. The topological polar surface area (TPSA) is 75.3 Å². The van der Waals surface area contributed by atoms with Crippen molar-refractivity contribution >= 4 is 15.9 Å². The van der Waals surface area contributed by atoms with Crippen LogP contribution >= 0.6 is 0 Å². The Morgan fingerprint density at radius 3 is 2.24 bits per heavy atom. The highest BCUT2D eigenvalue weighted by Gasteiger charge is 2.27. The van der Waals surface area contributed by atoms with Crippen LogP contribution in [0.1, 0.15) is 6.42 Å². The van der Waals surface area contributed by atoms with E-state index in [4.69, 9.17) is 0 Å². The number of halogens is 4. The highest BCUT2D eigenvalue weighted by molar-refractivity contribution is 7.89. The maximum absolute atomic E-state index is 12.7. The molecule has 0 saturated carbocycles. The lowest BCUT2D eigenvalue weighted by Gasteiger charge is -2.09. The molecular formula is C11H12F4N2O3S. The van der Waals surface area contributed by atoms with Crippen LogP contribution in [-0.4, -0.2) is 33.6 Å². The van der Waals surface area contributed by atoms with E-state index in [0.717, 1.165) is 24.3 Å². The number of alkyl halides is 3. The van der Waals surface area contributed by atoms with Crippen LogP contribution in [0.4, 0.5) is 17.6 Å². The first-order chi connectivity index (χ1) is 9.60. The van der Waals surface area contributed by atoms with Crippen molar-refractivity contribution in [1.82, 2.24) is 10.0 Å². The van der Waals surface area contributed by atoms with Gasteiger partial charge in [-0.2, -0.15) is 13.2 Å². The zero-order chi connectivity index (χ0) is 16.1. The molecule has 21 heavy (non-hydrogen) atoms. The normalized spacial score (nSPS) is 12.2. The van der Waals surface area contributed by atoms with Crippen molar-refractivity contribution in [2.45, 2.75) is 17.5 Å². The highest BCUT2D eigenvalue weighted by atomic mass is 32.2. The van der Waals surface area contributed by atoms with Crippen LogP contribution in [0.5, 0.6) is 0 Å². The van der Waals surface area contributed by atoms with E-state index in [1.165, 1.54) is 0 Å². The number of carbonyl (C=O) groups is 1. The van der Waals surface area contributed by atoms with Crippen LogP contribution in [0, 0.1) is 5.82 Å². The second-order valence-electron chi connectivity index (χ2n) is 3.99. The first kappa shape index (κ1) is 17.4. The summed E-state index contributed by atoms with van der Waals surface area (Å²) in [5.41, 5.74) is 0. The van der Waals surface area contributed by atoms with Gasteiger partial charge in [0.05, 0.1) is 4.90 Å². The molecule has 0 unspecified atom stereocenters. The molecule has 1 aromatic rings. The maximum Gasteiger partial charge on any atom is 0.405 e. The lowest BCUT2D eigenvalue weighted by molar-refractivity contribution is -0.138. The van der Waals surface area contributed by atoms with Crippen LogP contribution in [0.3, 0.4) is 0 Å².